The van der Waals surface area contributed by atoms with E-state index in [1.807, 2.05) is 0 Å². The largest absolute Gasteiger partial charge is 0 e. The first-order valence-corrected chi connectivity index (χ1v) is 1.93. The zero-order chi connectivity index (χ0) is 2.00. The van der Waals surface area contributed by atoms with Crippen LogP contribution in [0, 0.1) is 31.1 Å². The summed E-state index contributed by atoms with van der Waals surface area (Å²) in [7, 11) is 0. The summed E-state index contributed by atoms with van der Waals surface area (Å²) < 4.78 is 0. The van der Waals surface area contributed by atoms with Gasteiger partial charge in [0.1, 0.15) is 0 Å². The summed E-state index contributed by atoms with van der Waals surface area (Å²) in [6.07, 6.45) is 0. The maximum atomic E-state index is 4.58. The second-order valence-electron chi connectivity index (χ2n) is 0. The molecule has 0 saturated carbocycles. The minimum Gasteiger partial charge on any atom is 0 e. The van der Waals surface area contributed by atoms with Crippen LogP contribution < -0.4 is 0 Å². The monoisotopic (exact) mass is 486 g/mol. The second kappa shape index (κ2) is 19.0. The Hall–Kier alpha value is 2.19. The smallest absolute Gasteiger partial charge is 0 e. The molecular formula is CHUVW-. The fraction of sp³-hybridized carbons (Fsp3) is 0. The van der Waals surface area contributed by atoms with Crippen molar-refractivity contribution < 1.29 is 69.0 Å². The molecule has 3 heteroatoms. The average molecular weight is 486 g/mol. The van der Waals surface area contributed by atoms with E-state index in [4.69, 9.17) is 0 Å². The normalized spacial score (nSPS) is 1.00. The summed E-state index contributed by atoms with van der Waals surface area (Å²) in [6.45, 7) is 0. The number of rotatable bonds is 0. The zero-order valence-electron chi connectivity index (χ0n) is 1.93. The molecule has 0 aromatic heterocycles. The van der Waals surface area contributed by atoms with Crippen LogP contribution in [0.3, 0.4) is 0 Å². The number of hydrogen-bond donors (Lipinski definition) is 0. The first-order valence-electron chi connectivity index (χ1n) is 0.236. The van der Waals surface area contributed by atoms with Gasteiger partial charge in [-0.05, 0) is 0 Å². The molecule has 0 spiro atoms. The molecule has 0 aliphatic heterocycles. The quantitative estimate of drug-likeness (QED) is 0.419. The molecule has 0 fully saturated rings. The molecule has 0 N–H and O–H groups in total. The molecule has 0 rings (SSSR count). The van der Waals surface area contributed by atoms with E-state index in [0.29, 0.717) is 0 Å². The van der Waals surface area contributed by atoms with Crippen LogP contribution in [0.25, 0.3) is 0 Å². The Morgan fingerprint density at radius 3 is 1.25 bits per heavy atom. The van der Waals surface area contributed by atoms with E-state index in [0.717, 1.165) is 19.4 Å². The second-order valence-corrected chi connectivity index (χ2v) is 0. The fourth-order valence-corrected chi connectivity index (χ4v) is 0. The Kier molecular flexibility index (Phi) is 77.7. The van der Waals surface area contributed by atoms with Crippen molar-refractivity contribution in [3.63, 3.8) is 0 Å². The summed E-state index contributed by atoms with van der Waals surface area (Å²) in [5.41, 5.74) is 0. The van der Waals surface area contributed by atoms with Crippen LogP contribution in [0.2, 0.25) is 0 Å². The molecule has 0 aromatic carbocycles. The van der Waals surface area contributed by atoms with Crippen molar-refractivity contribution in [3.8, 4) is 0 Å². The molecule has 0 aliphatic carbocycles. The topological polar surface area (TPSA) is 0 Å². The molecule has 21 valence electrons. The van der Waals surface area contributed by atoms with Crippen molar-refractivity contribution in [2.24, 2.45) is 0 Å². The van der Waals surface area contributed by atoms with Crippen LogP contribution in [0.15, 0.2) is 0 Å². The molecule has 0 bridgehead atoms. The third kappa shape index (κ3) is 8.89. The van der Waals surface area contributed by atoms with Gasteiger partial charge in [-0.15, -0.1) is 0 Å². The van der Waals surface area contributed by atoms with Crippen molar-refractivity contribution in [3.05, 3.63) is 0 Å². The summed E-state index contributed by atoms with van der Waals surface area (Å²) in [4.78, 5) is 4.58. The van der Waals surface area contributed by atoms with Gasteiger partial charge >= 0.3 is 24.3 Å². The standard InChI is InChI=1S/CH.U.V.W/h1H;;;/q-1;;;. The molecule has 0 saturated heterocycles. The summed E-state index contributed by atoms with van der Waals surface area (Å²) in [5.74, 6) is 0. The van der Waals surface area contributed by atoms with Crippen molar-refractivity contribution in [2.75, 3.05) is 0 Å². The molecule has 0 aromatic rings. The minimum atomic E-state index is 0. The van der Waals surface area contributed by atoms with Gasteiger partial charge < -0.3 is 0 Å². The van der Waals surface area contributed by atoms with Crippen molar-refractivity contribution in [2.45, 2.75) is 0 Å². The summed E-state index contributed by atoms with van der Waals surface area (Å²) >= 11 is 1.08. The van der Waals surface area contributed by atoms with E-state index in [2.05, 4.69) is 4.90 Å². The molecular weight excluding hydrogens is 485 g/mol. The van der Waals surface area contributed by atoms with Crippen molar-refractivity contribution in [1.29, 1.82) is 0 Å². The first kappa shape index (κ1) is 16.4. The van der Waals surface area contributed by atoms with E-state index in [1.165, 1.54) is 0 Å². The van der Waals surface area contributed by atoms with E-state index in [1.54, 1.807) is 0 Å². The molecule has 0 nitrogen and oxygen atoms in total. The molecule has 0 aliphatic rings. The molecule has 0 heterocycles. The van der Waals surface area contributed by atoms with Gasteiger partial charge in [0, 0.05) is 49.7 Å². The van der Waals surface area contributed by atoms with Crippen LogP contribution in [0.1, 0.15) is 0 Å². The predicted molar refractivity (Wildman–Crippen MR) is 6.06 cm³/mol. The first-order chi connectivity index (χ1) is 1.00. The van der Waals surface area contributed by atoms with Gasteiger partial charge in [0.2, 0.25) is 0 Å². The van der Waals surface area contributed by atoms with Crippen LogP contribution in [-0.2, 0) is 37.9 Å². The van der Waals surface area contributed by atoms with Gasteiger partial charge in [0.05, 0.1) is 0 Å². The van der Waals surface area contributed by atoms with Crippen LogP contribution >= 0.6 is 0 Å². The maximum Gasteiger partial charge on any atom is 0 e. The number of hydrogen-bond acceptors (Lipinski definition) is 0. The summed E-state index contributed by atoms with van der Waals surface area (Å²) in [5, 5.41) is 0. The molecule has 4 heavy (non-hydrogen) atoms. The molecule has 0 amide bonds. The van der Waals surface area contributed by atoms with E-state index >= 15 is 0 Å². The van der Waals surface area contributed by atoms with E-state index < -0.39 is 0 Å². The molecule has 0 unspecified atom stereocenters. The van der Waals surface area contributed by atoms with Crippen molar-refractivity contribution >= 4 is 4.90 Å². The van der Waals surface area contributed by atoms with Gasteiger partial charge in [-0.3, -0.25) is 0 Å². The van der Waals surface area contributed by atoms with Gasteiger partial charge in [-0.2, -0.15) is 0 Å². The Morgan fingerprint density at radius 1 is 1.25 bits per heavy atom. The van der Waals surface area contributed by atoms with E-state index in [9.17, 15) is 0 Å². The Balaban J connectivity index is -0.00000000500. The molecule has 0 atom stereocenters. The summed E-state index contributed by atoms with van der Waals surface area (Å²) in [6, 6.07) is 0. The van der Waals surface area contributed by atoms with Gasteiger partial charge in [0.15, 0.2) is 0 Å². The van der Waals surface area contributed by atoms with Crippen LogP contribution in [0.5, 0.6) is 0 Å². The maximum absolute atomic E-state index is 4.58. The Bertz CT molecular complexity index is 8.00. The van der Waals surface area contributed by atoms with Crippen molar-refractivity contribution in [1.82, 2.24) is 0 Å². The fourth-order valence-electron chi connectivity index (χ4n) is 0. The van der Waals surface area contributed by atoms with Crippen LogP contribution in [-0.4, -0.2) is 4.90 Å². The SMILES string of the molecule is [CH-]=[W].[U].[V]. The van der Waals surface area contributed by atoms with Crippen LogP contribution in [0.4, 0.5) is 0 Å². The minimum absolute atomic E-state index is 0. The average Bonchev–Trinajstić information content (AvgIpc) is 1.00. The third-order valence-electron chi connectivity index (χ3n) is 0. The third-order valence-corrected chi connectivity index (χ3v) is 0. The van der Waals surface area contributed by atoms with Gasteiger partial charge in [-0.1, -0.05) is 0 Å². The van der Waals surface area contributed by atoms with Gasteiger partial charge in [0.25, 0.3) is 0 Å². The predicted octanol–water partition coefficient (Wildman–Crippen LogP) is -0.160. The Labute approximate surface area is 72.8 Å². The zero-order valence-corrected chi connectivity index (χ0v) is 10.4. The van der Waals surface area contributed by atoms with Gasteiger partial charge in [-0.25, -0.2) is 0 Å². The Morgan fingerprint density at radius 2 is 1.25 bits per heavy atom. The van der Waals surface area contributed by atoms with E-state index in [-0.39, 0.29) is 49.7 Å². The molecule has 1 radical (unpaired) electrons.